The molecule has 0 spiro atoms. The molecule has 4 heteroatoms. The van der Waals surface area contributed by atoms with Gasteiger partial charge in [0.25, 0.3) is 0 Å². The number of thioether (sulfide) groups is 1. The Hall–Kier alpha value is -1.26. The maximum absolute atomic E-state index is 4.17. The molecule has 1 N–H and O–H groups in total. The first-order chi connectivity index (χ1) is 9.86. The fraction of sp³-hybridized carbons (Fsp3) is 0.438. The van der Waals surface area contributed by atoms with E-state index in [1.54, 1.807) is 11.8 Å². The van der Waals surface area contributed by atoms with E-state index in [0.29, 0.717) is 12.1 Å². The van der Waals surface area contributed by atoms with Gasteiger partial charge in [0, 0.05) is 35.9 Å². The van der Waals surface area contributed by atoms with Gasteiger partial charge in [-0.2, -0.15) is 0 Å². The standard InChI is InChI=1S/C16H21N3S/c1-20-14-7-5-13(6-8-14)11-18-15-3-2-4-16(15)19-10-9-17-12-19/h5-10,12,15-16,18H,2-4,11H2,1H3. The molecule has 2 unspecified atom stereocenters. The predicted octanol–water partition coefficient (Wildman–Crippen LogP) is 3.49. The van der Waals surface area contributed by atoms with Crippen LogP contribution in [0.25, 0.3) is 0 Å². The molecule has 1 aromatic heterocycles. The van der Waals surface area contributed by atoms with Gasteiger partial charge < -0.3 is 9.88 Å². The van der Waals surface area contributed by atoms with Crippen LogP contribution in [0.15, 0.2) is 47.9 Å². The van der Waals surface area contributed by atoms with Crippen LogP contribution in [-0.4, -0.2) is 21.8 Å². The first kappa shape index (κ1) is 13.7. The Balaban J connectivity index is 1.59. The van der Waals surface area contributed by atoms with E-state index in [4.69, 9.17) is 0 Å². The van der Waals surface area contributed by atoms with Crippen LogP contribution in [0.4, 0.5) is 0 Å². The highest BCUT2D eigenvalue weighted by Crippen LogP contribution is 2.30. The molecule has 3 nitrogen and oxygen atoms in total. The zero-order valence-electron chi connectivity index (χ0n) is 11.8. The van der Waals surface area contributed by atoms with Gasteiger partial charge in [-0.05, 0) is 43.2 Å². The summed E-state index contributed by atoms with van der Waals surface area (Å²) in [6.07, 6.45) is 11.8. The molecule has 1 fully saturated rings. The van der Waals surface area contributed by atoms with Crippen LogP contribution < -0.4 is 5.32 Å². The van der Waals surface area contributed by atoms with Crippen molar-refractivity contribution in [3.8, 4) is 0 Å². The molecule has 0 radical (unpaired) electrons. The molecule has 0 saturated heterocycles. The lowest BCUT2D eigenvalue weighted by Crippen LogP contribution is -2.33. The summed E-state index contributed by atoms with van der Waals surface area (Å²) in [4.78, 5) is 5.50. The molecule has 3 rings (SSSR count). The molecule has 1 aliphatic carbocycles. The van der Waals surface area contributed by atoms with Crippen LogP contribution in [-0.2, 0) is 6.54 Å². The SMILES string of the molecule is CSc1ccc(CNC2CCCC2n2ccnc2)cc1. The summed E-state index contributed by atoms with van der Waals surface area (Å²) in [5.74, 6) is 0. The van der Waals surface area contributed by atoms with Crippen LogP contribution >= 0.6 is 11.8 Å². The van der Waals surface area contributed by atoms with Gasteiger partial charge in [0.2, 0.25) is 0 Å². The van der Waals surface area contributed by atoms with Gasteiger partial charge in [0.15, 0.2) is 0 Å². The highest BCUT2D eigenvalue weighted by atomic mass is 32.2. The maximum atomic E-state index is 4.17. The van der Waals surface area contributed by atoms with Gasteiger partial charge >= 0.3 is 0 Å². The molecule has 0 bridgehead atoms. The fourth-order valence-corrected chi connectivity index (χ4v) is 3.40. The van der Waals surface area contributed by atoms with Crippen molar-refractivity contribution < 1.29 is 0 Å². The molecule has 106 valence electrons. The van der Waals surface area contributed by atoms with Gasteiger partial charge in [-0.25, -0.2) is 4.98 Å². The van der Waals surface area contributed by atoms with Crippen LogP contribution in [0.5, 0.6) is 0 Å². The number of imidazole rings is 1. The second-order valence-corrected chi connectivity index (χ2v) is 6.22. The van der Waals surface area contributed by atoms with Crippen molar-refractivity contribution >= 4 is 11.8 Å². The summed E-state index contributed by atoms with van der Waals surface area (Å²) in [7, 11) is 0. The lowest BCUT2D eigenvalue weighted by Gasteiger charge is -2.22. The summed E-state index contributed by atoms with van der Waals surface area (Å²) >= 11 is 1.79. The number of aromatic nitrogens is 2. The summed E-state index contributed by atoms with van der Waals surface area (Å²) in [6, 6.07) is 9.96. The molecule has 1 aromatic carbocycles. The van der Waals surface area contributed by atoms with Crippen molar-refractivity contribution in [2.75, 3.05) is 6.26 Å². The minimum Gasteiger partial charge on any atom is -0.333 e. The number of nitrogens with zero attached hydrogens (tertiary/aromatic N) is 2. The van der Waals surface area contributed by atoms with E-state index >= 15 is 0 Å². The largest absolute Gasteiger partial charge is 0.333 e. The topological polar surface area (TPSA) is 29.9 Å². The lowest BCUT2D eigenvalue weighted by atomic mass is 10.1. The fourth-order valence-electron chi connectivity index (χ4n) is 2.99. The zero-order valence-corrected chi connectivity index (χ0v) is 12.6. The zero-order chi connectivity index (χ0) is 13.8. The quantitative estimate of drug-likeness (QED) is 0.854. The number of benzene rings is 1. The van der Waals surface area contributed by atoms with E-state index in [-0.39, 0.29) is 0 Å². The van der Waals surface area contributed by atoms with Crippen molar-refractivity contribution in [1.82, 2.24) is 14.9 Å². The summed E-state index contributed by atoms with van der Waals surface area (Å²) < 4.78 is 2.25. The first-order valence-corrected chi connectivity index (χ1v) is 8.43. The van der Waals surface area contributed by atoms with Gasteiger partial charge in [-0.15, -0.1) is 11.8 Å². The molecule has 1 saturated carbocycles. The van der Waals surface area contributed by atoms with Gasteiger partial charge in [-0.1, -0.05) is 12.1 Å². The normalized spacial score (nSPS) is 22.2. The van der Waals surface area contributed by atoms with E-state index in [2.05, 4.69) is 51.6 Å². The summed E-state index contributed by atoms with van der Waals surface area (Å²) in [5.41, 5.74) is 1.36. The van der Waals surface area contributed by atoms with Crippen molar-refractivity contribution in [2.24, 2.45) is 0 Å². The minimum atomic E-state index is 0.558. The predicted molar refractivity (Wildman–Crippen MR) is 84.0 cm³/mol. The average Bonchev–Trinajstić information content (AvgIpc) is 3.16. The summed E-state index contributed by atoms with van der Waals surface area (Å²) in [5, 5.41) is 3.72. The Morgan fingerprint density at radius 1 is 1.30 bits per heavy atom. The van der Waals surface area contributed by atoms with Crippen LogP contribution in [0.3, 0.4) is 0 Å². The monoisotopic (exact) mass is 287 g/mol. The number of nitrogens with one attached hydrogen (secondary N) is 1. The molecule has 1 heterocycles. The van der Waals surface area contributed by atoms with E-state index in [0.717, 1.165) is 6.54 Å². The third kappa shape index (κ3) is 3.07. The van der Waals surface area contributed by atoms with Crippen molar-refractivity contribution in [1.29, 1.82) is 0 Å². The Morgan fingerprint density at radius 2 is 2.15 bits per heavy atom. The van der Waals surface area contributed by atoms with E-state index < -0.39 is 0 Å². The second kappa shape index (κ2) is 6.46. The molecule has 2 atom stereocenters. The Morgan fingerprint density at radius 3 is 2.85 bits per heavy atom. The van der Waals surface area contributed by atoms with Crippen LogP contribution in [0.1, 0.15) is 30.9 Å². The Kier molecular flexibility index (Phi) is 4.43. The third-order valence-electron chi connectivity index (χ3n) is 4.11. The molecule has 0 amide bonds. The Labute approximate surface area is 124 Å². The molecule has 1 aliphatic rings. The van der Waals surface area contributed by atoms with Crippen LogP contribution in [0, 0.1) is 0 Å². The van der Waals surface area contributed by atoms with Crippen LogP contribution in [0.2, 0.25) is 0 Å². The molecule has 0 aliphatic heterocycles. The van der Waals surface area contributed by atoms with Gasteiger partial charge in [-0.3, -0.25) is 0 Å². The van der Waals surface area contributed by atoms with Gasteiger partial charge in [0.05, 0.1) is 6.33 Å². The smallest absolute Gasteiger partial charge is 0.0949 e. The summed E-state index contributed by atoms with van der Waals surface area (Å²) in [6.45, 7) is 0.949. The minimum absolute atomic E-state index is 0.558. The highest BCUT2D eigenvalue weighted by molar-refractivity contribution is 7.98. The van der Waals surface area contributed by atoms with Crippen molar-refractivity contribution in [3.63, 3.8) is 0 Å². The van der Waals surface area contributed by atoms with Gasteiger partial charge in [0.1, 0.15) is 0 Å². The molecular weight excluding hydrogens is 266 g/mol. The number of rotatable bonds is 5. The van der Waals surface area contributed by atoms with Crippen molar-refractivity contribution in [2.45, 2.75) is 42.8 Å². The highest BCUT2D eigenvalue weighted by Gasteiger charge is 2.27. The van der Waals surface area contributed by atoms with E-state index in [9.17, 15) is 0 Å². The average molecular weight is 287 g/mol. The maximum Gasteiger partial charge on any atom is 0.0949 e. The molecule has 20 heavy (non-hydrogen) atoms. The van der Waals surface area contributed by atoms with Crippen molar-refractivity contribution in [3.05, 3.63) is 48.5 Å². The molecular formula is C16H21N3S. The lowest BCUT2D eigenvalue weighted by molar-refractivity contribution is 0.390. The van der Waals surface area contributed by atoms with E-state index in [1.165, 1.54) is 29.7 Å². The first-order valence-electron chi connectivity index (χ1n) is 7.20. The molecule has 2 aromatic rings. The Bertz CT molecular complexity index is 521. The second-order valence-electron chi connectivity index (χ2n) is 5.34. The number of hydrogen-bond donors (Lipinski definition) is 1. The van der Waals surface area contributed by atoms with E-state index in [1.807, 2.05) is 12.5 Å². The number of hydrogen-bond acceptors (Lipinski definition) is 3. The third-order valence-corrected chi connectivity index (χ3v) is 4.86.